The second-order valence-electron chi connectivity index (χ2n) is 17.3. The lowest BCUT2D eigenvalue weighted by atomic mass is 9.12. The molecular formula is C46H56BF8N. The molecule has 2 aliphatic carbocycles. The summed E-state index contributed by atoms with van der Waals surface area (Å²) in [7, 11) is 0. The number of hydrogen-bond acceptors (Lipinski definition) is 0. The molecule has 0 radical (unpaired) electrons. The molecule has 0 saturated heterocycles. The minimum atomic E-state index is -4.50. The van der Waals surface area contributed by atoms with E-state index >= 15 is 35.1 Å². The molecule has 0 unspecified atom stereocenters. The number of hydrogen-bond donors (Lipinski definition) is 1. The van der Waals surface area contributed by atoms with Crippen molar-refractivity contribution in [2.45, 2.75) is 131 Å². The second-order valence-corrected chi connectivity index (χ2v) is 17.3. The molecule has 56 heavy (non-hydrogen) atoms. The summed E-state index contributed by atoms with van der Waals surface area (Å²) in [6.07, 6.45) is 10.1. The highest BCUT2D eigenvalue weighted by atomic mass is 19.2. The summed E-state index contributed by atoms with van der Waals surface area (Å²) in [6.45, 7) is 14.6. The standard InChI is InChI=1S/C28H20BF8.C18H35N/c1-13-5-9-17(30)21(25(13)34)29(22-18(31)10-6-14(2)26(22)35,23-19(32)11-7-15(3)27(23)36)24-20(33)12-8-16(4)28(24)37;1-15(2)17(11-7-5-8-12-17)19-18(16(3)4)13-9-6-10-14-18/h5-12H,1-4H3;15-16,19H,5-14H2,1-4H3/q-1;/p+1. The third-order valence-electron chi connectivity index (χ3n) is 13.5. The molecule has 304 valence electrons. The van der Waals surface area contributed by atoms with Crippen molar-refractivity contribution in [1.82, 2.24) is 0 Å². The van der Waals surface area contributed by atoms with Crippen LogP contribution in [0.2, 0.25) is 0 Å². The normalized spacial score (nSPS) is 16.9. The first-order valence-corrected chi connectivity index (χ1v) is 20.2. The number of quaternary nitrogens is 1. The van der Waals surface area contributed by atoms with Crippen molar-refractivity contribution in [3.8, 4) is 0 Å². The maximum atomic E-state index is 15.9. The van der Waals surface area contributed by atoms with E-state index in [1.54, 1.807) is 0 Å². The van der Waals surface area contributed by atoms with Crippen molar-refractivity contribution in [2.75, 3.05) is 0 Å². The van der Waals surface area contributed by atoms with Crippen LogP contribution in [0.4, 0.5) is 35.1 Å². The Morgan fingerprint density at radius 1 is 0.411 bits per heavy atom. The van der Waals surface area contributed by atoms with Crippen LogP contribution in [0.15, 0.2) is 48.5 Å². The molecule has 2 aliphatic rings. The van der Waals surface area contributed by atoms with E-state index in [2.05, 4.69) is 33.0 Å². The van der Waals surface area contributed by atoms with Crippen molar-refractivity contribution < 1.29 is 40.4 Å². The predicted molar refractivity (Wildman–Crippen MR) is 212 cm³/mol. The number of rotatable bonds is 8. The topological polar surface area (TPSA) is 16.6 Å². The number of nitrogens with two attached hydrogens (primary N) is 1. The molecule has 0 atom stereocenters. The Morgan fingerprint density at radius 2 is 0.643 bits per heavy atom. The summed E-state index contributed by atoms with van der Waals surface area (Å²) < 4.78 is 127. The fraction of sp³-hybridized carbons (Fsp3) is 0.478. The number of halogens is 8. The van der Waals surface area contributed by atoms with Crippen LogP contribution in [0.5, 0.6) is 0 Å². The van der Waals surface area contributed by atoms with Gasteiger partial charge in [0.2, 0.25) is 0 Å². The molecule has 0 heterocycles. The largest absolute Gasteiger partial charge is 0.336 e. The monoisotopic (exact) mass is 785 g/mol. The van der Waals surface area contributed by atoms with Gasteiger partial charge in [-0.1, -0.05) is 64.8 Å². The highest BCUT2D eigenvalue weighted by molar-refractivity contribution is 7.20. The quantitative estimate of drug-likeness (QED) is 0.136. The van der Waals surface area contributed by atoms with E-state index in [1.807, 2.05) is 0 Å². The Kier molecular flexibility index (Phi) is 13.2. The Balaban J connectivity index is 0.000000265. The van der Waals surface area contributed by atoms with Gasteiger partial charge in [0.1, 0.15) is 6.15 Å². The summed E-state index contributed by atoms with van der Waals surface area (Å²) in [4.78, 5) is 0. The van der Waals surface area contributed by atoms with Gasteiger partial charge < -0.3 is 5.32 Å². The van der Waals surface area contributed by atoms with Crippen LogP contribution in [0.1, 0.15) is 114 Å². The first kappa shape index (κ1) is 43.5. The van der Waals surface area contributed by atoms with Crippen LogP contribution >= 0.6 is 0 Å². The molecule has 0 bridgehead atoms. The third kappa shape index (κ3) is 7.68. The smallest absolute Gasteiger partial charge is 0.136 e. The van der Waals surface area contributed by atoms with Crippen LogP contribution < -0.4 is 27.2 Å². The molecule has 4 aromatic rings. The van der Waals surface area contributed by atoms with Crippen LogP contribution in [-0.4, -0.2) is 17.2 Å². The number of aryl methyl sites for hydroxylation is 4. The zero-order valence-electron chi connectivity index (χ0n) is 34.0. The van der Waals surface area contributed by atoms with Gasteiger partial charge >= 0.3 is 0 Å². The third-order valence-corrected chi connectivity index (χ3v) is 13.5. The lowest BCUT2D eigenvalue weighted by Crippen LogP contribution is -3.08. The second kappa shape index (κ2) is 17.1. The maximum absolute atomic E-state index is 15.9. The maximum Gasteiger partial charge on any atom is 0.136 e. The summed E-state index contributed by atoms with van der Waals surface area (Å²) in [5.41, 5.74) is -5.08. The molecule has 6 rings (SSSR count). The van der Waals surface area contributed by atoms with Crippen molar-refractivity contribution in [2.24, 2.45) is 11.8 Å². The highest BCUT2D eigenvalue weighted by Crippen LogP contribution is 2.37. The Morgan fingerprint density at radius 3 is 0.857 bits per heavy atom. The Bertz CT molecular complexity index is 1780. The van der Waals surface area contributed by atoms with Gasteiger partial charge in [-0.2, -0.15) is 0 Å². The van der Waals surface area contributed by atoms with Gasteiger partial charge in [0.15, 0.2) is 0 Å². The predicted octanol–water partition coefficient (Wildman–Crippen LogP) is 9.68. The molecule has 4 aromatic carbocycles. The summed E-state index contributed by atoms with van der Waals surface area (Å²) >= 11 is 0. The summed E-state index contributed by atoms with van der Waals surface area (Å²) in [5.74, 6) is -10.2. The van der Waals surface area contributed by atoms with E-state index in [0.717, 1.165) is 36.1 Å². The molecule has 1 nitrogen and oxygen atoms in total. The zero-order valence-corrected chi connectivity index (χ0v) is 34.0. The van der Waals surface area contributed by atoms with E-state index in [0.29, 0.717) is 35.3 Å². The van der Waals surface area contributed by atoms with Crippen molar-refractivity contribution in [3.63, 3.8) is 0 Å². The molecule has 0 spiro atoms. The van der Waals surface area contributed by atoms with Crippen LogP contribution in [0.25, 0.3) is 0 Å². The first-order chi connectivity index (χ1) is 26.4. The van der Waals surface area contributed by atoms with Gasteiger partial charge in [-0.25, -0.2) is 35.1 Å². The van der Waals surface area contributed by atoms with Crippen molar-refractivity contribution >= 4 is 28.0 Å². The zero-order chi connectivity index (χ0) is 41.3. The molecule has 0 amide bonds. The lowest BCUT2D eigenvalue weighted by Gasteiger charge is -2.49. The molecule has 0 aromatic heterocycles. The van der Waals surface area contributed by atoms with Gasteiger partial charge in [0.25, 0.3) is 0 Å². The van der Waals surface area contributed by atoms with E-state index in [9.17, 15) is 0 Å². The van der Waals surface area contributed by atoms with Crippen molar-refractivity contribution in [1.29, 1.82) is 0 Å². The van der Waals surface area contributed by atoms with Crippen LogP contribution in [0.3, 0.4) is 0 Å². The minimum absolute atomic E-state index is 0.280. The first-order valence-electron chi connectivity index (χ1n) is 20.2. The van der Waals surface area contributed by atoms with Gasteiger partial charge in [-0.15, -0.1) is 21.9 Å². The highest BCUT2D eigenvalue weighted by Gasteiger charge is 2.49. The fourth-order valence-corrected chi connectivity index (χ4v) is 9.94. The van der Waals surface area contributed by atoms with E-state index in [1.165, 1.54) is 91.9 Å². The molecule has 2 fully saturated rings. The molecule has 0 aliphatic heterocycles. The van der Waals surface area contributed by atoms with Gasteiger partial charge in [-0.05, 0) is 99.9 Å². The molecule has 10 heteroatoms. The molecule has 2 saturated carbocycles. The SMILES string of the molecule is CC(C)C1([NH2+]C2(C(C)C)CCCCC2)CCCCC1.Cc1ccc(F)c([B-](c2c(F)ccc(C)c2F)(c2c(F)ccc(C)c2F)c2c(F)ccc(C)c2F)c1F. The minimum Gasteiger partial charge on any atom is -0.336 e. The average Bonchev–Trinajstić information content (AvgIpc) is 3.16. The van der Waals surface area contributed by atoms with Gasteiger partial charge in [0, 0.05) is 37.5 Å². The summed E-state index contributed by atoms with van der Waals surface area (Å²) in [6, 6.07) is 6.82. The molecule has 2 N–H and O–H groups in total. The molecular weight excluding hydrogens is 729 g/mol. The Labute approximate surface area is 327 Å². The average molecular weight is 786 g/mol. The lowest BCUT2D eigenvalue weighted by molar-refractivity contribution is -0.806. The van der Waals surface area contributed by atoms with E-state index < -0.39 is 74.5 Å². The Hall–Kier alpha value is -3.66. The van der Waals surface area contributed by atoms with Crippen LogP contribution in [-0.2, 0) is 0 Å². The van der Waals surface area contributed by atoms with Gasteiger partial charge in [0.05, 0.1) is 57.6 Å². The van der Waals surface area contributed by atoms with Crippen molar-refractivity contribution in [3.05, 3.63) is 117 Å². The fourth-order valence-electron chi connectivity index (χ4n) is 9.94. The van der Waals surface area contributed by atoms with Crippen LogP contribution in [0, 0.1) is 86.1 Å². The van der Waals surface area contributed by atoms with E-state index in [4.69, 9.17) is 0 Å². The number of benzene rings is 4. The summed E-state index contributed by atoms with van der Waals surface area (Å²) in [5, 5.41) is 2.91. The van der Waals surface area contributed by atoms with E-state index in [-0.39, 0.29) is 22.3 Å². The van der Waals surface area contributed by atoms with Gasteiger partial charge in [-0.3, -0.25) is 0 Å².